The van der Waals surface area contributed by atoms with Crippen LogP contribution in [-0.4, -0.2) is 24.1 Å². The van der Waals surface area contributed by atoms with E-state index >= 15 is 0 Å². The summed E-state index contributed by atoms with van der Waals surface area (Å²) >= 11 is 3.42. The summed E-state index contributed by atoms with van der Waals surface area (Å²) in [5, 5.41) is 2.90. The van der Waals surface area contributed by atoms with Crippen molar-refractivity contribution in [2.75, 3.05) is 12.4 Å². The molecule has 2 aromatic carbocycles. The van der Waals surface area contributed by atoms with E-state index in [1.807, 2.05) is 26.0 Å². The highest BCUT2D eigenvalue weighted by molar-refractivity contribution is 9.10. The molecular weight excluding hydrogens is 448 g/mol. The fraction of sp³-hybridized carbons (Fsp3) is 0.217. The minimum absolute atomic E-state index is 0.0562. The molecule has 7 heteroatoms. The van der Waals surface area contributed by atoms with Gasteiger partial charge >= 0.3 is 0 Å². The second kappa shape index (κ2) is 10.1. The van der Waals surface area contributed by atoms with Gasteiger partial charge in [0.25, 0.3) is 5.91 Å². The Labute approximate surface area is 184 Å². The fourth-order valence-electron chi connectivity index (χ4n) is 2.75. The summed E-state index contributed by atoms with van der Waals surface area (Å²) in [5.41, 5.74) is 1.96. The van der Waals surface area contributed by atoms with Crippen molar-refractivity contribution in [2.45, 2.75) is 26.6 Å². The number of rotatable bonds is 8. The molecule has 1 amide bonds. The van der Waals surface area contributed by atoms with E-state index < -0.39 is 0 Å². The van der Waals surface area contributed by atoms with Crippen molar-refractivity contribution in [3.63, 3.8) is 0 Å². The fourth-order valence-corrected chi connectivity index (χ4v) is 3.09. The molecular formula is C23H23BrN2O4. The second-order valence-electron chi connectivity index (χ2n) is 6.78. The summed E-state index contributed by atoms with van der Waals surface area (Å²) in [6.45, 7) is 4.16. The van der Waals surface area contributed by atoms with Crippen LogP contribution in [0.5, 0.6) is 17.2 Å². The highest BCUT2D eigenvalue weighted by Gasteiger charge is 2.16. The van der Waals surface area contributed by atoms with Gasteiger partial charge < -0.3 is 19.5 Å². The Balaban J connectivity index is 1.79. The molecule has 1 N–H and O–H groups in total. The van der Waals surface area contributed by atoms with Gasteiger partial charge in [-0.1, -0.05) is 22.0 Å². The lowest BCUT2D eigenvalue weighted by Crippen LogP contribution is -2.16. The molecule has 1 aromatic heterocycles. The summed E-state index contributed by atoms with van der Waals surface area (Å²) in [4.78, 5) is 17.0. The highest BCUT2D eigenvalue weighted by Crippen LogP contribution is 2.32. The summed E-state index contributed by atoms with van der Waals surface area (Å²) in [6.07, 6.45) is 3.39. The average molecular weight is 471 g/mol. The number of aromatic nitrogens is 1. The third-order valence-corrected chi connectivity index (χ3v) is 4.58. The van der Waals surface area contributed by atoms with Crippen LogP contribution >= 0.6 is 15.9 Å². The number of benzene rings is 2. The number of anilines is 1. The monoisotopic (exact) mass is 470 g/mol. The van der Waals surface area contributed by atoms with Crippen molar-refractivity contribution < 1.29 is 19.0 Å². The molecule has 0 bridgehead atoms. The second-order valence-corrected chi connectivity index (χ2v) is 7.69. The third-order valence-electron chi connectivity index (χ3n) is 4.09. The SMILES string of the molecule is COc1ccc(NC(=O)c2ccc(Br)cc2OC(C)C)cc1OCc1cccnc1. The van der Waals surface area contributed by atoms with Gasteiger partial charge in [0.2, 0.25) is 0 Å². The van der Waals surface area contributed by atoms with Crippen LogP contribution in [0.3, 0.4) is 0 Å². The smallest absolute Gasteiger partial charge is 0.259 e. The standard InChI is InChI=1S/C23H23BrN2O4/c1-15(2)30-21-11-17(24)6-8-19(21)23(27)26-18-7-9-20(28-3)22(12-18)29-14-16-5-4-10-25-13-16/h4-13,15H,14H2,1-3H3,(H,26,27). The number of carbonyl (C=O) groups is 1. The first-order chi connectivity index (χ1) is 14.5. The van der Waals surface area contributed by atoms with Crippen LogP contribution in [0.4, 0.5) is 5.69 Å². The number of amides is 1. The van der Waals surface area contributed by atoms with Crippen LogP contribution in [-0.2, 0) is 6.61 Å². The zero-order chi connectivity index (χ0) is 21.5. The Morgan fingerprint density at radius 3 is 2.63 bits per heavy atom. The largest absolute Gasteiger partial charge is 0.493 e. The van der Waals surface area contributed by atoms with Crippen molar-refractivity contribution in [3.8, 4) is 17.2 Å². The molecule has 0 aliphatic heterocycles. The Morgan fingerprint density at radius 2 is 1.93 bits per heavy atom. The number of ether oxygens (including phenoxy) is 3. The van der Waals surface area contributed by atoms with Crippen molar-refractivity contribution in [2.24, 2.45) is 0 Å². The molecule has 3 aromatic rings. The first-order valence-corrected chi connectivity index (χ1v) is 10.2. The summed E-state index contributed by atoms with van der Waals surface area (Å²) in [7, 11) is 1.57. The van der Waals surface area contributed by atoms with E-state index in [0.717, 1.165) is 10.0 Å². The third kappa shape index (κ3) is 5.73. The normalized spacial score (nSPS) is 10.6. The van der Waals surface area contributed by atoms with E-state index in [0.29, 0.717) is 35.1 Å². The van der Waals surface area contributed by atoms with E-state index in [1.54, 1.807) is 55.9 Å². The molecule has 30 heavy (non-hydrogen) atoms. The molecule has 156 valence electrons. The maximum absolute atomic E-state index is 12.9. The number of methoxy groups -OCH3 is 1. The number of carbonyl (C=O) groups excluding carboxylic acids is 1. The lowest BCUT2D eigenvalue weighted by atomic mass is 10.1. The Kier molecular flexibility index (Phi) is 7.30. The molecule has 0 spiro atoms. The number of hydrogen-bond acceptors (Lipinski definition) is 5. The predicted molar refractivity (Wildman–Crippen MR) is 119 cm³/mol. The minimum atomic E-state index is -0.276. The van der Waals surface area contributed by atoms with E-state index in [9.17, 15) is 4.79 Å². The molecule has 0 aliphatic carbocycles. The molecule has 0 aliphatic rings. The zero-order valence-corrected chi connectivity index (χ0v) is 18.6. The van der Waals surface area contributed by atoms with Crippen LogP contribution < -0.4 is 19.5 Å². The Bertz CT molecular complexity index is 1010. The van der Waals surface area contributed by atoms with Gasteiger partial charge in [-0.05, 0) is 50.2 Å². The van der Waals surface area contributed by atoms with Crippen molar-refractivity contribution in [3.05, 3.63) is 76.5 Å². The minimum Gasteiger partial charge on any atom is -0.493 e. The van der Waals surface area contributed by atoms with Gasteiger partial charge in [-0.25, -0.2) is 0 Å². The molecule has 0 atom stereocenters. The predicted octanol–water partition coefficient (Wildman–Crippen LogP) is 5.47. The van der Waals surface area contributed by atoms with Gasteiger partial charge in [0.1, 0.15) is 12.4 Å². The zero-order valence-electron chi connectivity index (χ0n) is 17.0. The molecule has 0 radical (unpaired) electrons. The van der Waals surface area contributed by atoms with Crippen LogP contribution in [0.15, 0.2) is 65.4 Å². The molecule has 0 fully saturated rings. The van der Waals surface area contributed by atoms with Crippen LogP contribution in [0.25, 0.3) is 0 Å². The molecule has 0 saturated carbocycles. The van der Waals surface area contributed by atoms with Crippen molar-refractivity contribution in [1.82, 2.24) is 4.98 Å². The topological polar surface area (TPSA) is 69.7 Å². The maximum atomic E-state index is 12.9. The number of halogens is 1. The van der Waals surface area contributed by atoms with Gasteiger partial charge in [-0.15, -0.1) is 0 Å². The Hall–Kier alpha value is -3.06. The van der Waals surface area contributed by atoms with Gasteiger partial charge in [-0.2, -0.15) is 0 Å². The van der Waals surface area contributed by atoms with Gasteiger partial charge in [0.15, 0.2) is 11.5 Å². The van der Waals surface area contributed by atoms with Crippen LogP contribution in [0.1, 0.15) is 29.8 Å². The first kappa shape index (κ1) is 21.6. The highest BCUT2D eigenvalue weighted by atomic mass is 79.9. The summed E-state index contributed by atoms with van der Waals surface area (Å²) < 4.78 is 17.9. The summed E-state index contributed by atoms with van der Waals surface area (Å²) in [6, 6.07) is 14.3. The van der Waals surface area contributed by atoms with Gasteiger partial charge in [0.05, 0.1) is 18.8 Å². The van der Waals surface area contributed by atoms with Gasteiger partial charge in [0, 0.05) is 34.2 Å². The van der Waals surface area contributed by atoms with Gasteiger partial charge in [-0.3, -0.25) is 9.78 Å². The lowest BCUT2D eigenvalue weighted by molar-refractivity contribution is 0.102. The average Bonchev–Trinajstić information content (AvgIpc) is 2.72. The molecule has 0 unspecified atom stereocenters. The Morgan fingerprint density at radius 1 is 1.10 bits per heavy atom. The van der Waals surface area contributed by atoms with E-state index in [2.05, 4.69) is 26.2 Å². The van der Waals surface area contributed by atoms with Crippen molar-refractivity contribution in [1.29, 1.82) is 0 Å². The molecule has 0 saturated heterocycles. The number of nitrogens with zero attached hydrogens (tertiary/aromatic N) is 1. The van der Waals surface area contributed by atoms with E-state index in [-0.39, 0.29) is 12.0 Å². The summed E-state index contributed by atoms with van der Waals surface area (Å²) in [5.74, 6) is 1.33. The van der Waals surface area contributed by atoms with E-state index in [4.69, 9.17) is 14.2 Å². The first-order valence-electron chi connectivity index (χ1n) is 9.43. The number of pyridine rings is 1. The molecule has 6 nitrogen and oxygen atoms in total. The van der Waals surface area contributed by atoms with E-state index in [1.165, 1.54) is 0 Å². The molecule has 3 rings (SSSR count). The van der Waals surface area contributed by atoms with Crippen molar-refractivity contribution >= 4 is 27.5 Å². The number of nitrogens with one attached hydrogen (secondary N) is 1. The quantitative estimate of drug-likeness (QED) is 0.472. The lowest BCUT2D eigenvalue weighted by Gasteiger charge is -2.16. The maximum Gasteiger partial charge on any atom is 0.259 e. The molecule has 1 heterocycles. The number of hydrogen-bond donors (Lipinski definition) is 1. The van der Waals surface area contributed by atoms with Crippen LogP contribution in [0, 0.1) is 0 Å². The van der Waals surface area contributed by atoms with Crippen LogP contribution in [0.2, 0.25) is 0 Å².